The molecule has 9 heteroatoms. The summed E-state index contributed by atoms with van der Waals surface area (Å²) in [5, 5.41) is 0. The second kappa shape index (κ2) is 6.15. The van der Waals surface area contributed by atoms with E-state index in [1.54, 1.807) is 10.6 Å². The van der Waals surface area contributed by atoms with E-state index in [0.29, 0.717) is 16.5 Å². The maximum Gasteiger partial charge on any atom is 0.511 e. The van der Waals surface area contributed by atoms with Crippen LogP contribution in [-0.4, -0.2) is 29.3 Å². The van der Waals surface area contributed by atoms with Gasteiger partial charge in [-0.05, 0) is 35.2 Å². The van der Waals surface area contributed by atoms with Crippen molar-refractivity contribution in [1.29, 1.82) is 0 Å². The molecule has 1 aliphatic heterocycles. The van der Waals surface area contributed by atoms with Crippen LogP contribution in [0.2, 0.25) is 0 Å². The normalized spacial score (nSPS) is 16.0. The van der Waals surface area contributed by atoms with E-state index >= 15 is 0 Å². The Morgan fingerprint density at radius 1 is 1.20 bits per heavy atom. The van der Waals surface area contributed by atoms with E-state index in [0.717, 1.165) is 22.3 Å². The van der Waals surface area contributed by atoms with Crippen LogP contribution < -0.4 is 5.73 Å². The Bertz CT molecular complexity index is 904. The summed E-state index contributed by atoms with van der Waals surface area (Å²) in [6.07, 6.45) is 1.84. The molecule has 0 atom stereocenters. The number of benzene rings is 1. The van der Waals surface area contributed by atoms with Gasteiger partial charge in [-0.3, -0.25) is 0 Å². The predicted octanol–water partition coefficient (Wildman–Crippen LogP) is 2.59. The predicted molar refractivity (Wildman–Crippen MR) is 87.9 cm³/mol. The fraction of sp³-hybridized carbons (Fsp3) is 0.375. The van der Waals surface area contributed by atoms with Gasteiger partial charge in [0.05, 0.1) is 6.54 Å². The number of alkyl halides is 3. The molecule has 0 aliphatic carbocycles. The largest absolute Gasteiger partial charge is 0.511 e. The molecular weight excluding hydrogens is 355 g/mol. The van der Waals surface area contributed by atoms with Crippen LogP contribution in [0.3, 0.4) is 0 Å². The van der Waals surface area contributed by atoms with Gasteiger partial charge in [-0.2, -0.15) is 17.5 Å². The molecule has 25 heavy (non-hydrogen) atoms. The Balaban J connectivity index is 1.92. The molecule has 0 amide bonds. The molecule has 1 aromatic heterocycles. The van der Waals surface area contributed by atoms with Crippen LogP contribution in [0.1, 0.15) is 16.8 Å². The summed E-state index contributed by atoms with van der Waals surface area (Å²) < 4.78 is 63.7. The standard InChI is InChI=1S/C16H18F3N3O2S/c1-11-6-12(8-20)2-3-15(11)13-7-14-10-22(5-4-21(14)9-13)25(23,24)16(17,18)19/h2-3,6-7,9H,4-5,8,10,20H2,1H3. The van der Waals surface area contributed by atoms with Crippen molar-refractivity contribution in [3.05, 3.63) is 47.3 Å². The molecule has 0 saturated carbocycles. The minimum Gasteiger partial charge on any atom is -0.348 e. The lowest BCUT2D eigenvalue weighted by atomic mass is 10.0. The van der Waals surface area contributed by atoms with E-state index in [-0.39, 0.29) is 19.6 Å². The number of nitrogens with zero attached hydrogens (tertiary/aromatic N) is 2. The fourth-order valence-electron chi connectivity index (χ4n) is 3.05. The highest BCUT2D eigenvalue weighted by Crippen LogP contribution is 2.32. The number of nitrogens with two attached hydrogens (primary N) is 1. The number of aryl methyl sites for hydroxylation is 1. The minimum absolute atomic E-state index is 0.185. The van der Waals surface area contributed by atoms with Gasteiger partial charge in [-0.15, -0.1) is 0 Å². The highest BCUT2D eigenvalue weighted by atomic mass is 32.2. The Morgan fingerprint density at radius 3 is 2.52 bits per heavy atom. The van der Waals surface area contributed by atoms with E-state index in [1.165, 1.54) is 0 Å². The summed E-state index contributed by atoms with van der Waals surface area (Å²) in [7, 11) is -5.31. The molecule has 5 nitrogen and oxygen atoms in total. The van der Waals surface area contributed by atoms with E-state index in [4.69, 9.17) is 5.73 Å². The summed E-state index contributed by atoms with van der Waals surface area (Å²) in [6.45, 7) is 2.06. The van der Waals surface area contributed by atoms with Crippen molar-refractivity contribution in [2.75, 3.05) is 6.54 Å². The van der Waals surface area contributed by atoms with Crippen molar-refractivity contribution in [1.82, 2.24) is 8.87 Å². The minimum atomic E-state index is -5.31. The molecule has 0 unspecified atom stereocenters. The zero-order valence-corrected chi connectivity index (χ0v) is 14.4. The monoisotopic (exact) mass is 373 g/mol. The van der Waals surface area contributed by atoms with E-state index in [2.05, 4.69) is 0 Å². The Morgan fingerprint density at radius 2 is 1.92 bits per heavy atom. The van der Waals surface area contributed by atoms with Gasteiger partial charge in [0.1, 0.15) is 0 Å². The van der Waals surface area contributed by atoms with E-state index in [9.17, 15) is 21.6 Å². The Hall–Kier alpha value is -1.84. The van der Waals surface area contributed by atoms with Crippen molar-refractivity contribution in [3.63, 3.8) is 0 Å². The molecule has 0 radical (unpaired) electrons. The first-order valence-corrected chi connectivity index (χ1v) is 9.13. The summed E-state index contributed by atoms with van der Waals surface area (Å²) in [4.78, 5) is 0. The van der Waals surface area contributed by atoms with Crippen molar-refractivity contribution < 1.29 is 21.6 Å². The van der Waals surface area contributed by atoms with Crippen LogP contribution in [-0.2, 0) is 29.7 Å². The van der Waals surface area contributed by atoms with Crippen LogP contribution in [0.15, 0.2) is 30.5 Å². The molecule has 0 saturated heterocycles. The number of fused-ring (bicyclic) bond motifs is 1. The zero-order chi connectivity index (χ0) is 18.4. The molecular formula is C16H18F3N3O2S. The molecule has 1 aliphatic rings. The molecule has 0 fully saturated rings. The maximum atomic E-state index is 12.7. The van der Waals surface area contributed by atoms with Crippen LogP contribution >= 0.6 is 0 Å². The van der Waals surface area contributed by atoms with Gasteiger partial charge in [-0.1, -0.05) is 18.2 Å². The molecule has 0 bridgehead atoms. The van der Waals surface area contributed by atoms with Crippen LogP contribution in [0.25, 0.3) is 11.1 Å². The summed E-state index contributed by atoms with van der Waals surface area (Å²) in [6, 6.07) is 7.53. The lowest BCUT2D eigenvalue weighted by Gasteiger charge is -2.28. The maximum absolute atomic E-state index is 12.7. The van der Waals surface area contributed by atoms with E-state index < -0.39 is 15.5 Å². The Labute approximate surface area is 143 Å². The average Bonchev–Trinajstić information content (AvgIpc) is 2.96. The number of sulfonamides is 1. The number of halogens is 3. The molecule has 1 aromatic carbocycles. The first kappa shape index (κ1) is 18.0. The molecule has 2 N–H and O–H groups in total. The summed E-state index contributed by atoms with van der Waals surface area (Å²) in [5.41, 5.74) is 4.68. The van der Waals surface area contributed by atoms with Gasteiger partial charge in [0.25, 0.3) is 0 Å². The SMILES string of the molecule is Cc1cc(CN)ccc1-c1cc2n(c1)CCN(S(=O)(=O)C(F)(F)F)C2. The topological polar surface area (TPSA) is 68.3 Å². The van der Waals surface area contributed by atoms with Crippen molar-refractivity contribution in [3.8, 4) is 11.1 Å². The zero-order valence-electron chi connectivity index (χ0n) is 13.5. The number of aromatic nitrogens is 1. The van der Waals surface area contributed by atoms with Crippen molar-refractivity contribution in [2.24, 2.45) is 5.73 Å². The van der Waals surface area contributed by atoms with Gasteiger partial charge < -0.3 is 10.3 Å². The van der Waals surface area contributed by atoms with Gasteiger partial charge in [-0.25, -0.2) is 8.42 Å². The van der Waals surface area contributed by atoms with Gasteiger partial charge in [0.2, 0.25) is 0 Å². The average molecular weight is 373 g/mol. The Kier molecular flexibility index (Phi) is 4.42. The van der Waals surface area contributed by atoms with Gasteiger partial charge in [0, 0.05) is 31.5 Å². The van der Waals surface area contributed by atoms with Crippen LogP contribution in [0, 0.1) is 6.92 Å². The third-order valence-corrected chi connectivity index (χ3v) is 5.96. The number of rotatable bonds is 3. The summed E-state index contributed by atoms with van der Waals surface area (Å²) in [5.74, 6) is 0. The number of hydrogen-bond donors (Lipinski definition) is 1. The first-order chi connectivity index (χ1) is 11.6. The molecule has 2 heterocycles. The second-order valence-corrected chi connectivity index (χ2v) is 7.98. The molecule has 3 rings (SSSR count). The highest BCUT2D eigenvalue weighted by molar-refractivity contribution is 7.89. The molecule has 0 spiro atoms. The first-order valence-electron chi connectivity index (χ1n) is 7.69. The third-order valence-electron chi connectivity index (χ3n) is 4.38. The summed E-state index contributed by atoms with van der Waals surface area (Å²) >= 11 is 0. The lowest BCUT2D eigenvalue weighted by molar-refractivity contribution is -0.0495. The van der Waals surface area contributed by atoms with Gasteiger partial charge in [0.15, 0.2) is 0 Å². The fourth-order valence-corrected chi connectivity index (χ4v) is 3.97. The van der Waals surface area contributed by atoms with Crippen molar-refractivity contribution in [2.45, 2.75) is 32.1 Å². The van der Waals surface area contributed by atoms with Gasteiger partial charge >= 0.3 is 15.5 Å². The lowest BCUT2D eigenvalue weighted by Crippen LogP contribution is -2.44. The quantitative estimate of drug-likeness (QED) is 0.899. The van der Waals surface area contributed by atoms with E-state index in [1.807, 2.05) is 31.3 Å². The smallest absolute Gasteiger partial charge is 0.348 e. The molecule has 136 valence electrons. The highest BCUT2D eigenvalue weighted by Gasteiger charge is 2.50. The third kappa shape index (κ3) is 3.19. The molecule has 2 aromatic rings. The van der Waals surface area contributed by atoms with Crippen LogP contribution in [0.4, 0.5) is 13.2 Å². The van der Waals surface area contributed by atoms with Crippen LogP contribution in [0.5, 0.6) is 0 Å². The second-order valence-electron chi connectivity index (χ2n) is 6.05. The van der Waals surface area contributed by atoms with Crippen molar-refractivity contribution >= 4 is 10.0 Å². The number of hydrogen-bond acceptors (Lipinski definition) is 3.